The Morgan fingerprint density at radius 2 is 1.88 bits per heavy atom. The Morgan fingerprint density at radius 1 is 1.08 bits per heavy atom. The van der Waals surface area contributed by atoms with Crippen LogP contribution in [0.4, 0.5) is 5.95 Å². The summed E-state index contributed by atoms with van der Waals surface area (Å²) in [4.78, 5) is 15.1. The molecule has 0 spiro atoms. The first-order chi connectivity index (χ1) is 12.7. The first-order valence-corrected chi connectivity index (χ1v) is 10.1. The molecule has 1 saturated carbocycles. The van der Waals surface area contributed by atoms with Gasteiger partial charge in [0.2, 0.25) is 11.9 Å². The highest BCUT2D eigenvalue weighted by Crippen LogP contribution is 2.24. The molecule has 6 heteroatoms. The third-order valence-electron chi connectivity index (χ3n) is 5.88. The summed E-state index contributed by atoms with van der Waals surface area (Å²) in [6, 6.07) is 6.42. The van der Waals surface area contributed by atoms with Crippen molar-refractivity contribution in [3.8, 4) is 0 Å². The molecule has 1 saturated heterocycles. The molecule has 1 atom stereocenters. The van der Waals surface area contributed by atoms with Crippen molar-refractivity contribution in [2.75, 3.05) is 18.0 Å². The summed E-state index contributed by atoms with van der Waals surface area (Å²) in [6.45, 7) is 3.73. The van der Waals surface area contributed by atoms with Gasteiger partial charge in [-0.05, 0) is 44.7 Å². The number of amides is 1. The minimum Gasteiger partial charge on any atom is -0.353 e. The van der Waals surface area contributed by atoms with E-state index in [0.717, 1.165) is 56.1 Å². The Balaban J connectivity index is 1.46. The molecule has 0 bridgehead atoms. The third-order valence-corrected chi connectivity index (χ3v) is 5.88. The van der Waals surface area contributed by atoms with Gasteiger partial charge in [0.15, 0.2) is 5.65 Å². The maximum atomic E-state index is 12.8. The van der Waals surface area contributed by atoms with Gasteiger partial charge in [0.25, 0.3) is 0 Å². The van der Waals surface area contributed by atoms with Crippen LogP contribution in [0.1, 0.15) is 57.1 Å². The van der Waals surface area contributed by atoms with Gasteiger partial charge in [0.05, 0.1) is 5.92 Å². The fourth-order valence-electron chi connectivity index (χ4n) is 4.40. The van der Waals surface area contributed by atoms with Crippen LogP contribution in [0.5, 0.6) is 0 Å². The van der Waals surface area contributed by atoms with E-state index < -0.39 is 0 Å². The van der Waals surface area contributed by atoms with Crippen LogP contribution in [-0.2, 0) is 4.79 Å². The summed E-state index contributed by atoms with van der Waals surface area (Å²) in [7, 11) is 0. The summed E-state index contributed by atoms with van der Waals surface area (Å²) in [6.07, 6.45) is 9.35. The Kier molecular flexibility index (Phi) is 5.09. The molecule has 0 radical (unpaired) electrons. The summed E-state index contributed by atoms with van der Waals surface area (Å²) >= 11 is 0. The fourth-order valence-corrected chi connectivity index (χ4v) is 4.40. The summed E-state index contributed by atoms with van der Waals surface area (Å²) < 4.78 is 2.09. The van der Waals surface area contributed by atoms with E-state index in [2.05, 4.69) is 37.8 Å². The number of piperidine rings is 1. The van der Waals surface area contributed by atoms with Crippen molar-refractivity contribution in [2.45, 2.75) is 64.3 Å². The lowest BCUT2D eigenvalue weighted by molar-refractivity contribution is -0.126. The van der Waals surface area contributed by atoms with Gasteiger partial charge in [-0.15, -0.1) is 10.2 Å². The van der Waals surface area contributed by atoms with Gasteiger partial charge in [-0.1, -0.05) is 31.7 Å². The quantitative estimate of drug-likeness (QED) is 0.860. The van der Waals surface area contributed by atoms with E-state index >= 15 is 0 Å². The number of pyridine rings is 1. The molecule has 3 heterocycles. The highest BCUT2D eigenvalue weighted by molar-refractivity contribution is 5.79. The van der Waals surface area contributed by atoms with Crippen LogP contribution in [0.15, 0.2) is 18.2 Å². The molecule has 2 aromatic rings. The fraction of sp³-hybridized carbons (Fsp3) is 0.650. The number of hydrogen-bond donors (Lipinski definition) is 1. The molecule has 2 aromatic heterocycles. The van der Waals surface area contributed by atoms with Crippen molar-refractivity contribution >= 4 is 17.5 Å². The summed E-state index contributed by atoms with van der Waals surface area (Å²) in [5.41, 5.74) is 1.98. The molecule has 2 aliphatic rings. The zero-order valence-corrected chi connectivity index (χ0v) is 15.7. The Morgan fingerprint density at radius 3 is 2.69 bits per heavy atom. The second-order valence-electron chi connectivity index (χ2n) is 7.84. The molecule has 1 amide bonds. The van der Waals surface area contributed by atoms with E-state index in [1.54, 1.807) is 0 Å². The Bertz CT molecular complexity index is 763. The van der Waals surface area contributed by atoms with Gasteiger partial charge in [0, 0.05) is 24.8 Å². The predicted octanol–water partition coefficient (Wildman–Crippen LogP) is 3.09. The summed E-state index contributed by atoms with van der Waals surface area (Å²) in [5.74, 6) is 1.14. The van der Waals surface area contributed by atoms with Gasteiger partial charge < -0.3 is 10.2 Å². The van der Waals surface area contributed by atoms with E-state index in [-0.39, 0.29) is 11.8 Å². The van der Waals surface area contributed by atoms with Crippen LogP contribution in [0.3, 0.4) is 0 Å². The van der Waals surface area contributed by atoms with Crippen LogP contribution >= 0.6 is 0 Å². The molecule has 1 aliphatic carbocycles. The number of hydrogen-bond acceptors (Lipinski definition) is 4. The van der Waals surface area contributed by atoms with Crippen LogP contribution in [-0.4, -0.2) is 39.6 Å². The standard InChI is InChI=1S/C20H29N5O/c1-15-8-6-12-18-22-23-20(25(15)18)24-13-7-9-16(14-24)19(26)21-17-10-4-2-3-5-11-17/h6,8,12,16-17H,2-5,7,9-11,13-14H2,1H3,(H,21,26)/t16-/m0/s1. The van der Waals surface area contributed by atoms with Crippen LogP contribution in [0.2, 0.25) is 0 Å². The molecule has 140 valence electrons. The minimum atomic E-state index is 0.0448. The van der Waals surface area contributed by atoms with Crippen LogP contribution < -0.4 is 10.2 Å². The number of fused-ring (bicyclic) bond motifs is 1. The molecule has 26 heavy (non-hydrogen) atoms. The summed E-state index contributed by atoms with van der Waals surface area (Å²) in [5, 5.41) is 12.0. The molecular formula is C20H29N5O. The first-order valence-electron chi connectivity index (χ1n) is 10.1. The molecule has 1 N–H and O–H groups in total. The van der Waals surface area contributed by atoms with Gasteiger partial charge in [-0.3, -0.25) is 9.20 Å². The average Bonchev–Trinajstić information content (AvgIpc) is 2.94. The van der Waals surface area contributed by atoms with Gasteiger partial charge >= 0.3 is 0 Å². The number of nitrogens with zero attached hydrogens (tertiary/aromatic N) is 4. The lowest BCUT2D eigenvalue weighted by Gasteiger charge is -2.33. The highest BCUT2D eigenvalue weighted by atomic mass is 16.2. The maximum Gasteiger partial charge on any atom is 0.231 e. The Labute approximate surface area is 155 Å². The molecular weight excluding hydrogens is 326 g/mol. The normalized spacial score (nSPS) is 22.3. The lowest BCUT2D eigenvalue weighted by Crippen LogP contribution is -2.46. The van der Waals surface area contributed by atoms with Crippen molar-refractivity contribution in [3.63, 3.8) is 0 Å². The maximum absolute atomic E-state index is 12.8. The van der Waals surface area contributed by atoms with Gasteiger partial charge in [-0.2, -0.15) is 0 Å². The third kappa shape index (κ3) is 3.55. The number of aryl methyl sites for hydroxylation is 1. The van der Waals surface area contributed by atoms with Gasteiger partial charge in [-0.25, -0.2) is 0 Å². The van der Waals surface area contributed by atoms with Crippen molar-refractivity contribution in [2.24, 2.45) is 5.92 Å². The Hall–Kier alpha value is -2.11. The molecule has 0 unspecified atom stereocenters. The number of aromatic nitrogens is 3. The van der Waals surface area contributed by atoms with E-state index in [1.165, 1.54) is 25.7 Å². The van der Waals surface area contributed by atoms with Crippen molar-refractivity contribution < 1.29 is 4.79 Å². The molecule has 1 aliphatic heterocycles. The topological polar surface area (TPSA) is 62.5 Å². The van der Waals surface area contributed by atoms with Gasteiger partial charge in [0.1, 0.15) is 0 Å². The largest absolute Gasteiger partial charge is 0.353 e. The van der Waals surface area contributed by atoms with Crippen LogP contribution in [0.25, 0.3) is 5.65 Å². The molecule has 6 nitrogen and oxygen atoms in total. The SMILES string of the molecule is Cc1cccc2nnc(N3CCC[C@H](C(=O)NC4CCCCCC4)C3)n12. The molecule has 4 rings (SSSR count). The van der Waals surface area contributed by atoms with E-state index in [4.69, 9.17) is 0 Å². The number of carbonyl (C=O) groups is 1. The zero-order chi connectivity index (χ0) is 17.9. The molecule has 2 fully saturated rings. The number of carbonyl (C=O) groups excluding carboxylic acids is 1. The lowest BCUT2D eigenvalue weighted by atomic mass is 9.96. The number of rotatable bonds is 3. The van der Waals surface area contributed by atoms with E-state index in [9.17, 15) is 4.79 Å². The zero-order valence-electron chi connectivity index (χ0n) is 15.7. The van der Waals surface area contributed by atoms with Crippen LogP contribution in [0, 0.1) is 12.8 Å². The van der Waals surface area contributed by atoms with E-state index in [1.807, 2.05) is 12.1 Å². The van der Waals surface area contributed by atoms with Crippen molar-refractivity contribution in [1.82, 2.24) is 19.9 Å². The van der Waals surface area contributed by atoms with Crippen molar-refractivity contribution in [3.05, 3.63) is 23.9 Å². The number of nitrogens with one attached hydrogen (secondary N) is 1. The smallest absolute Gasteiger partial charge is 0.231 e. The average molecular weight is 355 g/mol. The number of anilines is 1. The predicted molar refractivity (Wildman–Crippen MR) is 102 cm³/mol. The minimum absolute atomic E-state index is 0.0448. The van der Waals surface area contributed by atoms with E-state index in [0.29, 0.717) is 6.04 Å². The molecule has 0 aromatic carbocycles. The monoisotopic (exact) mass is 355 g/mol. The van der Waals surface area contributed by atoms with Crippen molar-refractivity contribution in [1.29, 1.82) is 0 Å². The second kappa shape index (κ2) is 7.64. The highest BCUT2D eigenvalue weighted by Gasteiger charge is 2.29. The second-order valence-corrected chi connectivity index (χ2v) is 7.84. The first kappa shape index (κ1) is 17.3.